The van der Waals surface area contributed by atoms with Crippen LogP contribution in [0.4, 0.5) is 14.9 Å². The van der Waals surface area contributed by atoms with Gasteiger partial charge in [0.15, 0.2) is 5.82 Å². The molecule has 2 rings (SSSR count). The van der Waals surface area contributed by atoms with Crippen molar-refractivity contribution in [1.29, 1.82) is 0 Å². The zero-order chi connectivity index (χ0) is 16.3. The molecule has 1 amide bonds. The van der Waals surface area contributed by atoms with Crippen LogP contribution in [-0.4, -0.2) is 42.8 Å². The Bertz CT molecular complexity index is 537. The average Bonchev–Trinajstić information content (AvgIpc) is 2.46. The molecule has 0 radical (unpaired) electrons. The predicted molar refractivity (Wildman–Crippen MR) is 86.0 cm³/mol. The molecule has 1 aromatic rings. The summed E-state index contributed by atoms with van der Waals surface area (Å²) in [6.07, 6.45) is -0.317. The van der Waals surface area contributed by atoms with Gasteiger partial charge in [0.25, 0.3) is 0 Å². The molecule has 1 heterocycles. The highest BCUT2D eigenvalue weighted by molar-refractivity contribution is 6.17. The number of nitrogens with zero attached hydrogens (tertiary/aromatic N) is 2. The van der Waals surface area contributed by atoms with Gasteiger partial charge in [-0.15, -0.1) is 11.6 Å². The van der Waals surface area contributed by atoms with E-state index in [2.05, 4.69) is 0 Å². The topological polar surface area (TPSA) is 32.8 Å². The second-order valence-electron chi connectivity index (χ2n) is 6.34. The third-order valence-electron chi connectivity index (χ3n) is 3.47. The number of halogens is 2. The molecule has 6 heteroatoms. The number of benzene rings is 1. The first kappa shape index (κ1) is 16.9. The lowest BCUT2D eigenvalue weighted by Crippen LogP contribution is -2.50. The zero-order valence-corrected chi connectivity index (χ0v) is 14.0. The molecule has 0 unspecified atom stereocenters. The van der Waals surface area contributed by atoms with Crippen LogP contribution in [0.3, 0.4) is 0 Å². The van der Waals surface area contributed by atoms with E-state index < -0.39 is 5.60 Å². The van der Waals surface area contributed by atoms with E-state index in [4.69, 9.17) is 16.3 Å². The maximum atomic E-state index is 14.3. The summed E-state index contributed by atoms with van der Waals surface area (Å²) in [5.74, 6) is -0.124. The van der Waals surface area contributed by atoms with Gasteiger partial charge < -0.3 is 14.5 Å². The normalized spacial score (nSPS) is 15.9. The van der Waals surface area contributed by atoms with E-state index in [1.165, 1.54) is 0 Å². The van der Waals surface area contributed by atoms with E-state index in [0.29, 0.717) is 37.4 Å². The number of ether oxygens (including phenoxy) is 1. The van der Waals surface area contributed by atoms with Gasteiger partial charge in [0, 0.05) is 31.7 Å². The van der Waals surface area contributed by atoms with Gasteiger partial charge in [-0.25, -0.2) is 9.18 Å². The lowest BCUT2D eigenvalue weighted by atomic mass is 10.1. The van der Waals surface area contributed by atoms with Crippen LogP contribution in [0, 0.1) is 5.82 Å². The number of hydrogen-bond acceptors (Lipinski definition) is 3. The van der Waals surface area contributed by atoms with Crippen molar-refractivity contribution >= 4 is 23.4 Å². The van der Waals surface area contributed by atoms with Gasteiger partial charge in [-0.1, -0.05) is 12.1 Å². The van der Waals surface area contributed by atoms with Crippen LogP contribution < -0.4 is 4.90 Å². The van der Waals surface area contributed by atoms with Gasteiger partial charge in [0.05, 0.1) is 11.6 Å². The Kier molecular flexibility index (Phi) is 5.16. The molecule has 122 valence electrons. The number of piperazine rings is 1. The van der Waals surface area contributed by atoms with Crippen molar-refractivity contribution in [3.63, 3.8) is 0 Å². The molecule has 0 saturated carbocycles. The molecule has 0 N–H and O–H groups in total. The molecule has 1 aromatic carbocycles. The largest absolute Gasteiger partial charge is 0.444 e. The molecular weight excluding hydrogens is 307 g/mol. The lowest BCUT2D eigenvalue weighted by molar-refractivity contribution is 0.0240. The number of carbonyl (C=O) groups is 1. The Morgan fingerprint density at radius 3 is 2.45 bits per heavy atom. The van der Waals surface area contributed by atoms with Crippen LogP contribution in [0.2, 0.25) is 0 Å². The minimum absolute atomic E-state index is 0.150. The molecule has 1 aliphatic rings. The number of alkyl halides is 1. The summed E-state index contributed by atoms with van der Waals surface area (Å²) in [6.45, 7) is 7.69. The van der Waals surface area contributed by atoms with Crippen LogP contribution in [0.1, 0.15) is 26.3 Å². The van der Waals surface area contributed by atoms with Crippen molar-refractivity contribution < 1.29 is 13.9 Å². The first-order valence-electron chi connectivity index (χ1n) is 7.38. The summed E-state index contributed by atoms with van der Waals surface area (Å²) in [5, 5.41) is 0. The first-order valence-corrected chi connectivity index (χ1v) is 7.91. The van der Waals surface area contributed by atoms with Crippen LogP contribution >= 0.6 is 11.6 Å². The van der Waals surface area contributed by atoms with E-state index in [0.717, 1.165) is 0 Å². The first-order chi connectivity index (χ1) is 10.3. The molecule has 1 fully saturated rings. The van der Waals surface area contributed by atoms with E-state index in [1.807, 2.05) is 25.7 Å². The van der Waals surface area contributed by atoms with Crippen molar-refractivity contribution in [3.05, 3.63) is 29.6 Å². The molecule has 0 aliphatic carbocycles. The van der Waals surface area contributed by atoms with Crippen molar-refractivity contribution in [2.24, 2.45) is 0 Å². The van der Waals surface area contributed by atoms with E-state index in [1.54, 1.807) is 23.1 Å². The molecule has 22 heavy (non-hydrogen) atoms. The standard InChI is InChI=1S/C16H22ClFN2O2/c1-16(2,3)22-15(21)20-9-7-19(8-10-20)13-6-4-5-12(11-17)14(13)18/h4-6H,7-11H2,1-3H3. The lowest BCUT2D eigenvalue weighted by Gasteiger charge is -2.37. The summed E-state index contributed by atoms with van der Waals surface area (Å²) in [7, 11) is 0. The van der Waals surface area contributed by atoms with Crippen LogP contribution in [0.15, 0.2) is 18.2 Å². The second kappa shape index (κ2) is 6.73. The molecule has 1 saturated heterocycles. The van der Waals surface area contributed by atoms with Crippen molar-refractivity contribution in [2.45, 2.75) is 32.3 Å². The number of carbonyl (C=O) groups excluding carboxylic acids is 1. The Labute approximate surface area is 135 Å². The third kappa shape index (κ3) is 4.03. The monoisotopic (exact) mass is 328 g/mol. The zero-order valence-electron chi connectivity index (χ0n) is 13.2. The third-order valence-corrected chi connectivity index (χ3v) is 3.76. The summed E-state index contributed by atoms with van der Waals surface area (Å²) >= 11 is 5.74. The van der Waals surface area contributed by atoms with Crippen LogP contribution in [0.5, 0.6) is 0 Å². The van der Waals surface area contributed by atoms with Gasteiger partial charge in [-0.05, 0) is 26.8 Å². The van der Waals surface area contributed by atoms with E-state index >= 15 is 0 Å². The van der Waals surface area contributed by atoms with Gasteiger partial charge >= 0.3 is 6.09 Å². The highest BCUT2D eigenvalue weighted by Gasteiger charge is 2.27. The summed E-state index contributed by atoms with van der Waals surface area (Å²) in [5.41, 5.74) is 0.533. The maximum absolute atomic E-state index is 14.3. The summed E-state index contributed by atoms with van der Waals surface area (Å²) < 4.78 is 19.7. The molecule has 0 atom stereocenters. The minimum Gasteiger partial charge on any atom is -0.444 e. The Morgan fingerprint density at radius 2 is 1.91 bits per heavy atom. The predicted octanol–water partition coefficient (Wildman–Crippen LogP) is 3.62. The van der Waals surface area contributed by atoms with Gasteiger partial charge in [0.1, 0.15) is 5.60 Å². The van der Waals surface area contributed by atoms with Crippen molar-refractivity contribution in [2.75, 3.05) is 31.1 Å². The maximum Gasteiger partial charge on any atom is 0.410 e. The quantitative estimate of drug-likeness (QED) is 0.777. The number of anilines is 1. The van der Waals surface area contributed by atoms with Crippen LogP contribution in [0.25, 0.3) is 0 Å². The fraction of sp³-hybridized carbons (Fsp3) is 0.562. The van der Waals surface area contributed by atoms with Gasteiger partial charge in [0.2, 0.25) is 0 Å². The van der Waals surface area contributed by atoms with Gasteiger partial charge in [-0.2, -0.15) is 0 Å². The Balaban J connectivity index is 1.99. The molecule has 0 bridgehead atoms. The smallest absolute Gasteiger partial charge is 0.410 e. The highest BCUT2D eigenvalue weighted by Crippen LogP contribution is 2.25. The van der Waals surface area contributed by atoms with Crippen LogP contribution in [-0.2, 0) is 10.6 Å². The Hall–Kier alpha value is -1.49. The fourth-order valence-electron chi connectivity index (χ4n) is 2.37. The molecule has 0 aromatic heterocycles. The highest BCUT2D eigenvalue weighted by atomic mass is 35.5. The molecule has 1 aliphatic heterocycles. The number of rotatable bonds is 2. The summed E-state index contributed by atoms with van der Waals surface area (Å²) in [6, 6.07) is 5.23. The fourth-order valence-corrected chi connectivity index (χ4v) is 2.58. The average molecular weight is 329 g/mol. The minimum atomic E-state index is -0.505. The Morgan fingerprint density at radius 1 is 1.27 bits per heavy atom. The number of amides is 1. The van der Waals surface area contributed by atoms with Crippen molar-refractivity contribution in [1.82, 2.24) is 4.90 Å². The number of hydrogen-bond donors (Lipinski definition) is 0. The van der Waals surface area contributed by atoms with Crippen molar-refractivity contribution in [3.8, 4) is 0 Å². The molecular formula is C16H22ClFN2O2. The van der Waals surface area contributed by atoms with E-state index in [9.17, 15) is 9.18 Å². The molecule has 4 nitrogen and oxygen atoms in total. The van der Waals surface area contributed by atoms with Gasteiger partial charge in [-0.3, -0.25) is 0 Å². The second-order valence-corrected chi connectivity index (χ2v) is 6.61. The summed E-state index contributed by atoms with van der Waals surface area (Å²) in [4.78, 5) is 15.6. The molecule has 0 spiro atoms. The SMILES string of the molecule is CC(C)(C)OC(=O)N1CCN(c2cccc(CCl)c2F)CC1. The van der Waals surface area contributed by atoms with E-state index in [-0.39, 0.29) is 17.8 Å².